The molecule has 25 heavy (non-hydrogen) atoms. The second-order valence-electron chi connectivity index (χ2n) is 6.35. The number of alkyl halides is 2. The summed E-state index contributed by atoms with van der Waals surface area (Å²) in [5, 5.41) is 0. The van der Waals surface area contributed by atoms with Gasteiger partial charge < -0.3 is 9.64 Å². The maximum Gasteiger partial charge on any atom is 0.266 e. The Hall–Kier alpha value is -2.50. The van der Waals surface area contributed by atoms with E-state index < -0.39 is 5.92 Å². The van der Waals surface area contributed by atoms with Gasteiger partial charge in [0.05, 0.1) is 25.4 Å². The number of ether oxygens (including phenoxy) is 1. The maximum absolute atomic E-state index is 13.5. The van der Waals surface area contributed by atoms with Gasteiger partial charge in [-0.25, -0.2) is 13.8 Å². The molecule has 4 rings (SSSR count). The van der Waals surface area contributed by atoms with E-state index in [-0.39, 0.29) is 13.0 Å². The van der Waals surface area contributed by atoms with Crippen molar-refractivity contribution in [3.8, 4) is 5.75 Å². The first-order chi connectivity index (χ1) is 12.1. The van der Waals surface area contributed by atoms with Gasteiger partial charge in [-0.3, -0.25) is 4.99 Å². The van der Waals surface area contributed by atoms with Gasteiger partial charge in [0.25, 0.3) is 5.92 Å². The summed E-state index contributed by atoms with van der Waals surface area (Å²) in [4.78, 5) is 10.5. The average Bonchev–Trinajstić information content (AvgIpc) is 3.18. The number of pyridine rings is 1. The van der Waals surface area contributed by atoms with Crippen molar-refractivity contribution in [3.63, 3.8) is 0 Å². The van der Waals surface area contributed by atoms with E-state index in [4.69, 9.17) is 4.74 Å². The van der Waals surface area contributed by atoms with Crippen molar-refractivity contribution < 1.29 is 13.5 Å². The van der Waals surface area contributed by atoms with Crippen molar-refractivity contribution in [2.24, 2.45) is 4.99 Å². The minimum Gasteiger partial charge on any atom is -0.494 e. The number of aromatic nitrogens is 1. The van der Waals surface area contributed by atoms with E-state index in [0.717, 1.165) is 28.2 Å². The molecule has 0 saturated carbocycles. The molecule has 6 heteroatoms. The summed E-state index contributed by atoms with van der Waals surface area (Å²) >= 11 is 0. The lowest BCUT2D eigenvalue weighted by Gasteiger charge is -2.17. The van der Waals surface area contributed by atoms with Crippen LogP contribution in [0, 0.1) is 0 Å². The number of hydrogen-bond donors (Lipinski definition) is 0. The van der Waals surface area contributed by atoms with E-state index in [9.17, 15) is 8.78 Å². The van der Waals surface area contributed by atoms with Crippen molar-refractivity contribution >= 4 is 11.5 Å². The highest BCUT2D eigenvalue weighted by molar-refractivity contribution is 6.15. The van der Waals surface area contributed by atoms with Crippen LogP contribution in [0.1, 0.15) is 30.0 Å². The Morgan fingerprint density at radius 1 is 1.24 bits per heavy atom. The Balaban J connectivity index is 1.64. The van der Waals surface area contributed by atoms with Gasteiger partial charge in [0.1, 0.15) is 11.6 Å². The Labute approximate surface area is 145 Å². The molecular weight excluding hydrogens is 324 g/mol. The Kier molecular flexibility index (Phi) is 3.90. The van der Waals surface area contributed by atoms with Gasteiger partial charge in [0.15, 0.2) is 0 Å². The number of hydrogen-bond acceptors (Lipinski definition) is 4. The molecule has 0 radical (unpaired) electrons. The minimum atomic E-state index is -2.64. The number of fused-ring (bicyclic) bond motifs is 1. The lowest BCUT2D eigenvalue weighted by molar-refractivity contribution is 0.0256. The largest absolute Gasteiger partial charge is 0.494 e. The third kappa shape index (κ3) is 3.08. The minimum absolute atomic E-state index is 0.125. The number of anilines is 1. The third-order valence-corrected chi connectivity index (χ3v) is 4.57. The predicted molar refractivity (Wildman–Crippen MR) is 93.0 cm³/mol. The fraction of sp³-hybridized carbons (Fsp3) is 0.368. The summed E-state index contributed by atoms with van der Waals surface area (Å²) < 4.78 is 32.6. The lowest BCUT2D eigenvalue weighted by Crippen LogP contribution is -2.25. The molecule has 2 aliphatic rings. The van der Waals surface area contributed by atoms with Crippen LogP contribution in [0.25, 0.3) is 0 Å². The first-order valence-corrected chi connectivity index (χ1v) is 8.45. The number of halogens is 2. The standard InChI is InChI=1S/C19H19F2N3O/c1-2-25-15-4-3-14-11-23-18(16(14)10-15)13-5-7-22-17(9-13)24-8-6-19(20,21)12-24/h3-5,7,9-10H,2,6,8,11-12H2,1H3. The number of nitrogens with zero attached hydrogens (tertiary/aromatic N) is 3. The second kappa shape index (κ2) is 6.10. The Morgan fingerprint density at radius 3 is 2.88 bits per heavy atom. The summed E-state index contributed by atoms with van der Waals surface area (Å²) in [6.07, 6.45) is 1.54. The third-order valence-electron chi connectivity index (χ3n) is 4.57. The van der Waals surface area contributed by atoms with Gasteiger partial charge in [-0.1, -0.05) is 6.07 Å². The molecule has 4 nitrogen and oxygen atoms in total. The highest BCUT2D eigenvalue weighted by Crippen LogP contribution is 2.32. The molecule has 130 valence electrons. The van der Waals surface area contributed by atoms with E-state index in [1.807, 2.05) is 37.3 Å². The van der Waals surface area contributed by atoms with Crippen LogP contribution in [-0.2, 0) is 6.54 Å². The molecule has 0 N–H and O–H groups in total. The van der Waals surface area contributed by atoms with Crippen molar-refractivity contribution in [2.45, 2.75) is 25.8 Å². The van der Waals surface area contributed by atoms with Gasteiger partial charge in [-0.2, -0.15) is 0 Å². The Morgan fingerprint density at radius 2 is 2.12 bits per heavy atom. The van der Waals surface area contributed by atoms with Crippen molar-refractivity contribution in [2.75, 3.05) is 24.6 Å². The van der Waals surface area contributed by atoms with Crippen LogP contribution in [0.3, 0.4) is 0 Å². The summed E-state index contributed by atoms with van der Waals surface area (Å²) in [7, 11) is 0. The summed E-state index contributed by atoms with van der Waals surface area (Å²) in [5.41, 5.74) is 3.94. The molecule has 0 aliphatic carbocycles. The van der Waals surface area contributed by atoms with Crippen LogP contribution in [-0.4, -0.2) is 36.3 Å². The van der Waals surface area contributed by atoms with Gasteiger partial charge in [0, 0.05) is 30.3 Å². The lowest BCUT2D eigenvalue weighted by atomic mass is 10.0. The Bertz CT molecular complexity index is 835. The molecule has 1 fully saturated rings. The SMILES string of the molecule is CCOc1ccc2c(c1)C(c1ccnc(N3CCC(F)(F)C3)c1)=NC2. The molecule has 1 aromatic carbocycles. The van der Waals surface area contributed by atoms with E-state index in [1.54, 1.807) is 11.1 Å². The van der Waals surface area contributed by atoms with Crippen molar-refractivity contribution in [1.82, 2.24) is 4.98 Å². The first-order valence-electron chi connectivity index (χ1n) is 8.45. The van der Waals surface area contributed by atoms with E-state index in [0.29, 0.717) is 25.5 Å². The second-order valence-corrected chi connectivity index (χ2v) is 6.35. The predicted octanol–water partition coefficient (Wildman–Crippen LogP) is 3.68. The van der Waals surface area contributed by atoms with Crippen LogP contribution in [0.2, 0.25) is 0 Å². The molecule has 0 amide bonds. The highest BCUT2D eigenvalue weighted by Gasteiger charge is 2.38. The molecule has 0 atom stereocenters. The average molecular weight is 343 g/mol. The molecule has 3 heterocycles. The molecular formula is C19H19F2N3O. The molecule has 2 aromatic rings. The van der Waals surface area contributed by atoms with Crippen LogP contribution < -0.4 is 9.64 Å². The normalized spacial score (nSPS) is 18.2. The fourth-order valence-electron chi connectivity index (χ4n) is 3.34. The highest BCUT2D eigenvalue weighted by atomic mass is 19.3. The molecule has 1 saturated heterocycles. The van der Waals surface area contributed by atoms with Crippen LogP contribution in [0.4, 0.5) is 14.6 Å². The van der Waals surface area contributed by atoms with Gasteiger partial charge in [0.2, 0.25) is 0 Å². The number of aliphatic imine (C=N–C) groups is 1. The van der Waals surface area contributed by atoms with Crippen molar-refractivity contribution in [1.29, 1.82) is 0 Å². The molecule has 2 aliphatic heterocycles. The van der Waals surface area contributed by atoms with Crippen LogP contribution >= 0.6 is 0 Å². The zero-order valence-corrected chi connectivity index (χ0v) is 14.0. The van der Waals surface area contributed by atoms with E-state index in [1.165, 1.54) is 0 Å². The van der Waals surface area contributed by atoms with Gasteiger partial charge in [-0.05, 0) is 36.8 Å². The van der Waals surface area contributed by atoms with Gasteiger partial charge in [-0.15, -0.1) is 0 Å². The van der Waals surface area contributed by atoms with E-state index in [2.05, 4.69) is 9.98 Å². The molecule has 0 unspecified atom stereocenters. The zero-order chi connectivity index (χ0) is 17.4. The first kappa shape index (κ1) is 16.0. The zero-order valence-electron chi connectivity index (χ0n) is 14.0. The summed E-state index contributed by atoms with van der Waals surface area (Å²) in [6, 6.07) is 9.70. The molecule has 1 aromatic heterocycles. The molecule has 0 bridgehead atoms. The van der Waals surface area contributed by atoms with Crippen LogP contribution in [0.5, 0.6) is 5.75 Å². The van der Waals surface area contributed by atoms with Crippen LogP contribution in [0.15, 0.2) is 41.5 Å². The number of benzene rings is 1. The van der Waals surface area contributed by atoms with E-state index >= 15 is 0 Å². The number of rotatable bonds is 4. The monoisotopic (exact) mass is 343 g/mol. The maximum atomic E-state index is 13.5. The van der Waals surface area contributed by atoms with Crippen molar-refractivity contribution in [3.05, 3.63) is 53.2 Å². The smallest absolute Gasteiger partial charge is 0.266 e. The summed E-state index contributed by atoms with van der Waals surface area (Å²) in [6.45, 7) is 3.22. The quantitative estimate of drug-likeness (QED) is 0.850. The fourth-order valence-corrected chi connectivity index (χ4v) is 3.34. The topological polar surface area (TPSA) is 37.7 Å². The summed E-state index contributed by atoms with van der Waals surface area (Å²) in [5.74, 6) is -1.25. The molecule has 0 spiro atoms. The van der Waals surface area contributed by atoms with Gasteiger partial charge >= 0.3 is 0 Å².